The first-order valence-electron chi connectivity index (χ1n) is 8.10. The second kappa shape index (κ2) is 5.65. The van der Waals surface area contributed by atoms with Gasteiger partial charge in [-0.3, -0.25) is 4.79 Å². The molecule has 9 heteroatoms. The van der Waals surface area contributed by atoms with Crippen molar-refractivity contribution in [2.45, 2.75) is 12.1 Å². The van der Waals surface area contributed by atoms with Crippen LogP contribution in [0.25, 0.3) is 11.3 Å². The van der Waals surface area contributed by atoms with Crippen LogP contribution in [0.5, 0.6) is 5.75 Å². The fraction of sp³-hybridized carbons (Fsp3) is 0.353. The molecule has 26 heavy (non-hydrogen) atoms. The van der Waals surface area contributed by atoms with Crippen LogP contribution >= 0.6 is 0 Å². The van der Waals surface area contributed by atoms with E-state index in [1.54, 1.807) is 30.3 Å². The average Bonchev–Trinajstić information content (AvgIpc) is 3.30. The number of fused-ring (bicyclic) bond motifs is 1. The number of anilines is 1. The van der Waals surface area contributed by atoms with E-state index in [1.165, 1.54) is 18.4 Å². The van der Waals surface area contributed by atoms with Gasteiger partial charge in [-0.15, -0.1) is 0 Å². The van der Waals surface area contributed by atoms with Crippen LogP contribution in [0.3, 0.4) is 0 Å². The van der Waals surface area contributed by atoms with Gasteiger partial charge in [0.15, 0.2) is 12.2 Å². The number of carbonyl (C=O) groups excluding carboxylic acids is 1. The Morgan fingerprint density at radius 1 is 1.42 bits per heavy atom. The van der Waals surface area contributed by atoms with E-state index in [1.807, 2.05) is 0 Å². The molecule has 2 aromatic rings. The predicted octanol–water partition coefficient (Wildman–Crippen LogP) is 1.93. The minimum absolute atomic E-state index is 0.186. The minimum atomic E-state index is -0.992. The van der Waals surface area contributed by atoms with Crippen LogP contribution in [0.1, 0.15) is 16.8 Å². The van der Waals surface area contributed by atoms with Crippen LogP contribution in [0.2, 0.25) is 0 Å². The first-order chi connectivity index (χ1) is 12.4. The topological polar surface area (TPSA) is 108 Å². The molecule has 3 heterocycles. The molecule has 2 aliphatic rings. The van der Waals surface area contributed by atoms with Crippen LogP contribution in [0.15, 0.2) is 29.1 Å². The van der Waals surface area contributed by atoms with E-state index in [2.05, 4.69) is 10.3 Å². The second-order valence-electron chi connectivity index (χ2n) is 6.44. The summed E-state index contributed by atoms with van der Waals surface area (Å²) in [6.45, 7) is 0.568. The highest BCUT2D eigenvalue weighted by molar-refractivity contribution is 6.04. The van der Waals surface area contributed by atoms with E-state index in [0.717, 1.165) is 0 Å². The van der Waals surface area contributed by atoms with E-state index >= 15 is 0 Å². The summed E-state index contributed by atoms with van der Waals surface area (Å²) in [6, 6.07) is 3.44. The number of nitrogens with zero attached hydrogens (tertiary/aromatic N) is 3. The molecule has 1 aromatic carbocycles. The number of benzene rings is 1. The number of likely N-dealkylation sites (tertiary alicyclic amines) is 1. The molecule has 1 spiro atoms. The van der Waals surface area contributed by atoms with E-state index in [9.17, 15) is 14.7 Å². The molecule has 1 atom stereocenters. The van der Waals surface area contributed by atoms with E-state index in [0.29, 0.717) is 41.3 Å². The van der Waals surface area contributed by atoms with Crippen molar-refractivity contribution >= 4 is 17.7 Å². The van der Waals surface area contributed by atoms with Crippen molar-refractivity contribution in [3.8, 4) is 17.1 Å². The molecule has 2 aliphatic heterocycles. The number of rotatable bonds is 2. The maximum Gasteiger partial charge on any atom is 0.407 e. The Morgan fingerprint density at radius 3 is 2.85 bits per heavy atom. The van der Waals surface area contributed by atoms with Gasteiger partial charge in [-0.25, -0.2) is 9.78 Å². The highest BCUT2D eigenvalue weighted by Crippen LogP contribution is 2.41. The second-order valence-corrected chi connectivity index (χ2v) is 6.44. The molecule has 1 saturated heterocycles. The van der Waals surface area contributed by atoms with Gasteiger partial charge in [0.25, 0.3) is 5.91 Å². The van der Waals surface area contributed by atoms with Crippen molar-refractivity contribution in [2.75, 3.05) is 32.6 Å². The molecule has 136 valence electrons. The number of methoxy groups -OCH3 is 1. The molecular weight excluding hydrogens is 340 g/mol. The quantitative estimate of drug-likeness (QED) is 0.844. The zero-order valence-electron chi connectivity index (χ0n) is 14.4. The maximum absolute atomic E-state index is 13.0. The van der Waals surface area contributed by atoms with Crippen molar-refractivity contribution in [2.24, 2.45) is 0 Å². The smallest absolute Gasteiger partial charge is 0.407 e. The Morgan fingerprint density at radius 2 is 2.23 bits per heavy atom. The Balaban J connectivity index is 1.78. The van der Waals surface area contributed by atoms with Gasteiger partial charge in [-0.1, -0.05) is 0 Å². The molecule has 1 aromatic heterocycles. The molecule has 1 fully saturated rings. The summed E-state index contributed by atoms with van der Waals surface area (Å²) in [7, 11) is 3.22. The number of aromatic nitrogens is 1. The molecule has 0 radical (unpaired) electrons. The Hall–Kier alpha value is -3.23. The molecule has 2 N–H and O–H groups in total. The van der Waals surface area contributed by atoms with E-state index < -0.39 is 11.8 Å². The molecule has 0 saturated carbocycles. The minimum Gasteiger partial charge on any atom is -0.496 e. The monoisotopic (exact) mass is 358 g/mol. The number of carboxylic acid groups (broad SMARTS) is 1. The fourth-order valence-corrected chi connectivity index (χ4v) is 3.61. The van der Waals surface area contributed by atoms with Gasteiger partial charge in [0, 0.05) is 26.1 Å². The van der Waals surface area contributed by atoms with E-state index in [-0.39, 0.29) is 12.5 Å². The Labute approximate surface area is 149 Å². The van der Waals surface area contributed by atoms with Gasteiger partial charge in [0.05, 0.1) is 36.7 Å². The number of carbonyl (C=O) groups is 2. The molecule has 1 unspecified atom stereocenters. The molecule has 0 aliphatic carbocycles. The summed E-state index contributed by atoms with van der Waals surface area (Å²) in [5.41, 5.74) is 0.947. The number of amides is 2. The number of likely N-dealkylation sites (N-methyl/N-ethyl adjacent to an activating group) is 1. The fourth-order valence-electron chi connectivity index (χ4n) is 3.61. The number of oxazole rings is 1. The lowest BCUT2D eigenvalue weighted by molar-refractivity contribution is 0.0598. The van der Waals surface area contributed by atoms with Crippen LogP contribution < -0.4 is 10.1 Å². The Bertz CT molecular complexity index is 882. The van der Waals surface area contributed by atoms with Crippen LogP contribution in [-0.2, 0) is 0 Å². The lowest BCUT2D eigenvalue weighted by Gasteiger charge is -2.44. The largest absolute Gasteiger partial charge is 0.496 e. The summed E-state index contributed by atoms with van der Waals surface area (Å²) in [4.78, 5) is 31.1. The highest BCUT2D eigenvalue weighted by Gasteiger charge is 2.48. The number of hydrogen-bond donors (Lipinski definition) is 2. The van der Waals surface area contributed by atoms with Crippen LogP contribution in [-0.4, -0.2) is 64.8 Å². The van der Waals surface area contributed by atoms with Crippen molar-refractivity contribution in [1.82, 2.24) is 14.8 Å². The van der Waals surface area contributed by atoms with Gasteiger partial charge in [-0.2, -0.15) is 0 Å². The average molecular weight is 358 g/mol. The zero-order chi connectivity index (χ0) is 18.5. The van der Waals surface area contributed by atoms with Gasteiger partial charge in [0.1, 0.15) is 11.4 Å². The molecule has 9 nitrogen and oxygen atoms in total. The number of nitrogens with one attached hydrogen (secondary N) is 1. The normalized spacial score (nSPS) is 21.7. The zero-order valence-corrected chi connectivity index (χ0v) is 14.4. The third kappa shape index (κ3) is 2.27. The molecule has 2 amide bonds. The SMILES string of the molecule is COc1cc2c(cc1-c1cnco1)C(=O)N(C)C1(CCN(C(=O)O)C1)N2. The van der Waals surface area contributed by atoms with Crippen LogP contribution in [0.4, 0.5) is 10.5 Å². The first kappa shape index (κ1) is 16.2. The van der Waals surface area contributed by atoms with E-state index in [4.69, 9.17) is 9.15 Å². The summed E-state index contributed by atoms with van der Waals surface area (Å²) >= 11 is 0. The third-order valence-corrected chi connectivity index (χ3v) is 5.10. The maximum atomic E-state index is 13.0. The lowest BCUT2D eigenvalue weighted by atomic mass is 9.96. The lowest BCUT2D eigenvalue weighted by Crippen LogP contribution is -2.59. The first-order valence-corrected chi connectivity index (χ1v) is 8.10. The van der Waals surface area contributed by atoms with Gasteiger partial charge >= 0.3 is 6.09 Å². The standard InChI is InChI=1S/C17H18N4O5/c1-20-15(22)10-5-11(14-7-18-9-26-14)13(25-2)6-12(10)19-17(20)3-4-21(8-17)16(23)24/h5-7,9,19H,3-4,8H2,1-2H3,(H,23,24). The van der Waals surface area contributed by atoms with Gasteiger partial charge in [0.2, 0.25) is 0 Å². The molecule has 4 rings (SSSR count). The summed E-state index contributed by atoms with van der Waals surface area (Å²) in [5.74, 6) is 0.848. The van der Waals surface area contributed by atoms with Crippen molar-refractivity contribution in [3.05, 3.63) is 30.3 Å². The summed E-state index contributed by atoms with van der Waals surface area (Å²) in [5, 5.41) is 12.6. The number of hydrogen-bond acceptors (Lipinski definition) is 6. The summed E-state index contributed by atoms with van der Waals surface area (Å²) in [6.07, 6.45) is 2.38. The Kier molecular flexibility index (Phi) is 3.53. The summed E-state index contributed by atoms with van der Waals surface area (Å²) < 4.78 is 10.8. The highest BCUT2D eigenvalue weighted by atomic mass is 16.5. The van der Waals surface area contributed by atoms with Gasteiger partial charge < -0.3 is 29.4 Å². The van der Waals surface area contributed by atoms with Gasteiger partial charge in [-0.05, 0) is 6.07 Å². The van der Waals surface area contributed by atoms with Crippen molar-refractivity contribution < 1.29 is 23.8 Å². The van der Waals surface area contributed by atoms with Crippen molar-refractivity contribution in [1.29, 1.82) is 0 Å². The predicted molar refractivity (Wildman–Crippen MR) is 91.2 cm³/mol. The number of ether oxygens (including phenoxy) is 1. The molecule has 0 bridgehead atoms. The van der Waals surface area contributed by atoms with Crippen LogP contribution in [0, 0.1) is 0 Å². The molecular formula is C17H18N4O5. The third-order valence-electron chi connectivity index (χ3n) is 5.10. The van der Waals surface area contributed by atoms with Crippen molar-refractivity contribution in [3.63, 3.8) is 0 Å².